The lowest BCUT2D eigenvalue weighted by atomic mass is 9.99. The molecule has 0 radical (unpaired) electrons. The molecular weight excluding hydrogens is 274 g/mol. The van der Waals surface area contributed by atoms with Crippen molar-refractivity contribution in [2.75, 3.05) is 0 Å². The number of nitrogens with one attached hydrogen (secondary N) is 1. The summed E-state index contributed by atoms with van der Waals surface area (Å²) in [5, 5.41) is 0.874. The van der Waals surface area contributed by atoms with Crippen molar-refractivity contribution in [3.8, 4) is 0 Å². The molecule has 2 aromatic carbocycles. The lowest BCUT2D eigenvalue weighted by Gasteiger charge is -2.19. The van der Waals surface area contributed by atoms with Crippen molar-refractivity contribution < 1.29 is 4.39 Å². The molecule has 2 aromatic rings. The molecule has 2 nitrogen and oxygen atoms in total. The average Bonchev–Trinajstić information content (AvgIpc) is 2.34. The van der Waals surface area contributed by atoms with Crippen molar-refractivity contribution in [1.29, 1.82) is 0 Å². The van der Waals surface area contributed by atoms with E-state index in [1.54, 1.807) is 12.1 Å². The van der Waals surface area contributed by atoms with E-state index in [9.17, 15) is 4.39 Å². The maximum absolute atomic E-state index is 13.0. The summed E-state index contributed by atoms with van der Waals surface area (Å²) in [4.78, 5) is 0. The fourth-order valence-corrected chi connectivity index (χ4v) is 2.31. The van der Waals surface area contributed by atoms with E-state index in [0.717, 1.165) is 5.56 Å². The van der Waals surface area contributed by atoms with Crippen LogP contribution in [-0.2, 0) is 0 Å². The molecule has 0 aromatic heterocycles. The summed E-state index contributed by atoms with van der Waals surface area (Å²) < 4.78 is 13.0. The van der Waals surface area contributed by atoms with Gasteiger partial charge in [-0.25, -0.2) is 9.82 Å². The van der Waals surface area contributed by atoms with Gasteiger partial charge in [-0.15, -0.1) is 0 Å². The van der Waals surface area contributed by atoms with Crippen molar-refractivity contribution in [2.45, 2.75) is 6.04 Å². The van der Waals surface area contributed by atoms with E-state index in [0.29, 0.717) is 15.6 Å². The highest BCUT2D eigenvalue weighted by Crippen LogP contribution is 2.31. The number of nitrogens with two attached hydrogens (primary N) is 1. The number of hydrogen-bond donors (Lipinski definition) is 2. The lowest BCUT2D eigenvalue weighted by molar-refractivity contribution is 0.616. The molecule has 0 aliphatic rings. The Labute approximate surface area is 114 Å². The number of hydrogen-bond acceptors (Lipinski definition) is 2. The molecule has 0 saturated heterocycles. The van der Waals surface area contributed by atoms with Crippen LogP contribution >= 0.6 is 23.2 Å². The fourth-order valence-electron chi connectivity index (χ4n) is 1.79. The number of hydrazine groups is 1. The molecule has 0 aliphatic heterocycles. The molecule has 1 atom stereocenters. The SMILES string of the molecule is NNC(c1ccccc1Cl)c1ccc(F)cc1Cl. The smallest absolute Gasteiger partial charge is 0.124 e. The van der Waals surface area contributed by atoms with Crippen LogP contribution in [0.25, 0.3) is 0 Å². The van der Waals surface area contributed by atoms with E-state index in [2.05, 4.69) is 5.43 Å². The topological polar surface area (TPSA) is 38.0 Å². The third-order valence-electron chi connectivity index (χ3n) is 2.66. The Balaban J connectivity index is 2.49. The van der Waals surface area contributed by atoms with Crippen LogP contribution in [0.4, 0.5) is 4.39 Å². The number of benzene rings is 2. The van der Waals surface area contributed by atoms with Gasteiger partial charge in [0.2, 0.25) is 0 Å². The molecule has 0 saturated carbocycles. The number of rotatable bonds is 3. The molecule has 1 unspecified atom stereocenters. The predicted octanol–water partition coefficient (Wildman–Crippen LogP) is 3.69. The first-order chi connectivity index (χ1) is 8.63. The molecule has 0 bridgehead atoms. The van der Waals surface area contributed by atoms with Crippen LogP contribution in [0.1, 0.15) is 17.2 Å². The highest BCUT2D eigenvalue weighted by Gasteiger charge is 2.18. The van der Waals surface area contributed by atoms with Gasteiger partial charge in [0.05, 0.1) is 6.04 Å². The van der Waals surface area contributed by atoms with Gasteiger partial charge < -0.3 is 0 Å². The maximum atomic E-state index is 13.0. The Kier molecular flexibility index (Phi) is 4.19. The van der Waals surface area contributed by atoms with Crippen LogP contribution in [0.5, 0.6) is 0 Å². The molecule has 5 heteroatoms. The summed E-state index contributed by atoms with van der Waals surface area (Å²) in [6.45, 7) is 0. The van der Waals surface area contributed by atoms with E-state index in [4.69, 9.17) is 29.0 Å². The summed E-state index contributed by atoms with van der Waals surface area (Å²) in [6, 6.07) is 11.1. The van der Waals surface area contributed by atoms with Crippen molar-refractivity contribution in [2.24, 2.45) is 5.84 Å². The second-order valence-electron chi connectivity index (χ2n) is 3.79. The average molecular weight is 285 g/mol. The van der Waals surface area contributed by atoms with Gasteiger partial charge in [-0.2, -0.15) is 0 Å². The molecule has 0 heterocycles. The molecule has 3 N–H and O–H groups in total. The first-order valence-corrected chi connectivity index (χ1v) is 6.04. The van der Waals surface area contributed by atoms with Crippen molar-refractivity contribution >= 4 is 23.2 Å². The van der Waals surface area contributed by atoms with Gasteiger partial charge in [0, 0.05) is 10.0 Å². The van der Waals surface area contributed by atoms with E-state index >= 15 is 0 Å². The van der Waals surface area contributed by atoms with Crippen LogP contribution in [0, 0.1) is 5.82 Å². The van der Waals surface area contributed by atoms with E-state index in [-0.39, 0.29) is 6.04 Å². The van der Waals surface area contributed by atoms with Crippen LogP contribution in [-0.4, -0.2) is 0 Å². The van der Waals surface area contributed by atoms with Gasteiger partial charge in [0.15, 0.2) is 0 Å². The van der Waals surface area contributed by atoms with Gasteiger partial charge in [0.1, 0.15) is 5.82 Å². The number of halogens is 3. The second-order valence-corrected chi connectivity index (χ2v) is 4.60. The van der Waals surface area contributed by atoms with Crippen molar-refractivity contribution in [3.05, 3.63) is 69.5 Å². The Morgan fingerprint density at radius 1 is 1.00 bits per heavy atom. The highest BCUT2D eigenvalue weighted by atomic mass is 35.5. The van der Waals surface area contributed by atoms with Crippen LogP contribution in [0.15, 0.2) is 42.5 Å². The summed E-state index contributed by atoms with van der Waals surface area (Å²) in [5.74, 6) is 5.16. The van der Waals surface area contributed by atoms with Crippen LogP contribution in [0.2, 0.25) is 10.0 Å². The standard InChI is InChI=1S/C13H11Cl2FN2/c14-11-4-2-1-3-9(11)13(18-17)10-6-5-8(16)7-12(10)15/h1-7,13,18H,17H2. The Morgan fingerprint density at radius 3 is 2.28 bits per heavy atom. The highest BCUT2D eigenvalue weighted by molar-refractivity contribution is 6.32. The molecule has 2 rings (SSSR count). The van der Waals surface area contributed by atoms with Gasteiger partial charge in [0.25, 0.3) is 0 Å². The van der Waals surface area contributed by atoms with E-state index in [1.165, 1.54) is 12.1 Å². The largest absolute Gasteiger partial charge is 0.271 e. The van der Waals surface area contributed by atoms with Crippen LogP contribution in [0.3, 0.4) is 0 Å². The van der Waals surface area contributed by atoms with Gasteiger partial charge in [-0.05, 0) is 29.3 Å². The monoisotopic (exact) mass is 284 g/mol. The molecular formula is C13H11Cl2FN2. The van der Waals surface area contributed by atoms with Gasteiger partial charge >= 0.3 is 0 Å². The third-order valence-corrected chi connectivity index (χ3v) is 3.33. The minimum Gasteiger partial charge on any atom is -0.271 e. The molecule has 18 heavy (non-hydrogen) atoms. The van der Waals surface area contributed by atoms with Gasteiger partial charge in [-0.3, -0.25) is 5.84 Å². The van der Waals surface area contributed by atoms with E-state index < -0.39 is 5.82 Å². The maximum Gasteiger partial charge on any atom is 0.124 e. The Bertz CT molecular complexity index is 560. The molecule has 0 fully saturated rings. The molecule has 0 spiro atoms. The molecule has 0 aliphatic carbocycles. The third kappa shape index (κ3) is 2.65. The van der Waals surface area contributed by atoms with Crippen LogP contribution < -0.4 is 11.3 Å². The fraction of sp³-hybridized carbons (Fsp3) is 0.0769. The minimum absolute atomic E-state index is 0.304. The summed E-state index contributed by atoms with van der Waals surface area (Å²) in [6.07, 6.45) is 0. The normalized spacial score (nSPS) is 12.4. The Morgan fingerprint density at radius 2 is 1.67 bits per heavy atom. The summed E-state index contributed by atoms with van der Waals surface area (Å²) >= 11 is 12.1. The zero-order valence-electron chi connectivity index (χ0n) is 9.33. The quantitative estimate of drug-likeness (QED) is 0.666. The first kappa shape index (κ1) is 13.3. The first-order valence-electron chi connectivity index (χ1n) is 5.29. The minimum atomic E-state index is -0.390. The molecule has 0 amide bonds. The van der Waals surface area contributed by atoms with E-state index in [1.807, 2.05) is 18.2 Å². The second kappa shape index (κ2) is 5.67. The van der Waals surface area contributed by atoms with Crippen molar-refractivity contribution in [3.63, 3.8) is 0 Å². The summed E-state index contributed by atoms with van der Waals surface area (Å²) in [7, 11) is 0. The lowest BCUT2D eigenvalue weighted by Crippen LogP contribution is -2.29. The molecule has 94 valence electrons. The predicted molar refractivity (Wildman–Crippen MR) is 72.0 cm³/mol. The zero-order chi connectivity index (χ0) is 13.1. The zero-order valence-corrected chi connectivity index (χ0v) is 10.8. The van der Waals surface area contributed by atoms with Gasteiger partial charge in [-0.1, -0.05) is 47.5 Å². The van der Waals surface area contributed by atoms with Crippen molar-refractivity contribution in [1.82, 2.24) is 5.43 Å². The summed E-state index contributed by atoms with van der Waals surface area (Å²) in [5.41, 5.74) is 4.11. The Hall–Kier alpha value is -1.13.